The maximum atomic E-state index is 13.1. The van der Waals surface area contributed by atoms with Gasteiger partial charge in [0.1, 0.15) is 4.90 Å². The van der Waals surface area contributed by atoms with Crippen molar-refractivity contribution in [2.75, 3.05) is 18.4 Å². The van der Waals surface area contributed by atoms with Crippen LogP contribution in [0.4, 0.5) is 18.9 Å². The number of pyridine rings is 1. The number of carbonyl (C=O) groups excluding carboxylic acids is 2. The number of piperidine rings is 1. The lowest BCUT2D eigenvalue weighted by molar-refractivity contribution is -0.158. The molecule has 1 amide bonds. The van der Waals surface area contributed by atoms with Gasteiger partial charge in [0.2, 0.25) is 10.0 Å². The van der Waals surface area contributed by atoms with E-state index in [9.17, 15) is 31.2 Å². The molecule has 2 aromatic rings. The summed E-state index contributed by atoms with van der Waals surface area (Å²) >= 11 is 0. The number of esters is 1. The number of alkyl halides is 3. The molecule has 1 aromatic heterocycles. The van der Waals surface area contributed by atoms with Crippen molar-refractivity contribution in [2.45, 2.75) is 36.9 Å². The van der Waals surface area contributed by atoms with Crippen LogP contribution in [0.25, 0.3) is 0 Å². The normalized spacial score (nSPS) is 16.7. The smallest absolute Gasteiger partial charge is 0.418 e. The molecule has 1 fully saturated rings. The Morgan fingerprint density at radius 1 is 1.15 bits per heavy atom. The number of nitrogens with zero attached hydrogens (tertiary/aromatic N) is 2. The number of hydrogen-bond donors (Lipinski definition) is 1. The number of carbonyl (C=O) groups is 2. The molecule has 12 heteroatoms. The van der Waals surface area contributed by atoms with Crippen LogP contribution in [0.1, 0.15) is 25.3 Å². The highest BCUT2D eigenvalue weighted by Gasteiger charge is 2.36. The highest BCUT2D eigenvalue weighted by molar-refractivity contribution is 7.89. The molecule has 1 aromatic carbocycles. The fourth-order valence-electron chi connectivity index (χ4n) is 3.38. The molecule has 1 unspecified atom stereocenters. The van der Waals surface area contributed by atoms with E-state index in [0.29, 0.717) is 0 Å². The van der Waals surface area contributed by atoms with E-state index in [2.05, 4.69) is 10.3 Å². The summed E-state index contributed by atoms with van der Waals surface area (Å²) in [6, 6.07) is 7.42. The molecule has 1 aliphatic heterocycles. The van der Waals surface area contributed by atoms with Crippen molar-refractivity contribution in [3.8, 4) is 0 Å². The van der Waals surface area contributed by atoms with Crippen molar-refractivity contribution in [3.63, 3.8) is 0 Å². The Hall–Kier alpha value is -2.99. The monoisotopic (exact) mass is 485 g/mol. The van der Waals surface area contributed by atoms with Gasteiger partial charge in [-0.15, -0.1) is 0 Å². The molecule has 0 saturated carbocycles. The fourth-order valence-corrected chi connectivity index (χ4v) is 4.81. The zero-order valence-corrected chi connectivity index (χ0v) is 18.4. The molecule has 2 heterocycles. The maximum absolute atomic E-state index is 13.1. The molecule has 1 saturated heterocycles. The number of benzene rings is 1. The average molecular weight is 485 g/mol. The molecular formula is C21H22F3N3O5S. The molecule has 0 radical (unpaired) electrons. The molecule has 178 valence electrons. The van der Waals surface area contributed by atoms with Gasteiger partial charge in [0.05, 0.1) is 17.2 Å². The zero-order chi connectivity index (χ0) is 24.2. The van der Waals surface area contributed by atoms with Gasteiger partial charge in [0, 0.05) is 25.5 Å². The quantitative estimate of drug-likeness (QED) is 0.631. The van der Waals surface area contributed by atoms with Crippen LogP contribution in [-0.4, -0.2) is 48.8 Å². The minimum atomic E-state index is -4.66. The van der Waals surface area contributed by atoms with Crippen LogP contribution in [0.5, 0.6) is 0 Å². The summed E-state index contributed by atoms with van der Waals surface area (Å²) in [4.78, 5) is 28.6. The second-order valence-electron chi connectivity index (χ2n) is 7.48. The van der Waals surface area contributed by atoms with Crippen LogP contribution < -0.4 is 5.32 Å². The van der Waals surface area contributed by atoms with Crippen molar-refractivity contribution < 1.29 is 35.9 Å². The van der Waals surface area contributed by atoms with Gasteiger partial charge in [-0.3, -0.25) is 14.6 Å². The summed E-state index contributed by atoms with van der Waals surface area (Å²) in [5.74, 6) is -2.25. The Bertz CT molecular complexity index is 1100. The van der Waals surface area contributed by atoms with Crippen molar-refractivity contribution in [3.05, 3.63) is 54.4 Å². The van der Waals surface area contributed by atoms with Crippen LogP contribution in [0, 0.1) is 5.92 Å². The van der Waals surface area contributed by atoms with Gasteiger partial charge in [-0.1, -0.05) is 12.1 Å². The number of sulfonamides is 1. The standard InChI is InChI=1S/C21H22F3N3O5S/c1-14(19(28)26-18-7-3-2-6-17(18)21(22,23)24)32-20(29)15-8-11-27(12-9-15)33(30,31)16-5-4-10-25-13-16/h2-7,10,13-15H,8-9,11-12H2,1H3,(H,26,28). The summed E-state index contributed by atoms with van der Waals surface area (Å²) in [7, 11) is -3.74. The largest absolute Gasteiger partial charge is 0.452 e. The van der Waals surface area contributed by atoms with E-state index >= 15 is 0 Å². The minimum Gasteiger partial charge on any atom is -0.452 e. The second kappa shape index (κ2) is 9.87. The van der Waals surface area contributed by atoms with Gasteiger partial charge in [0.15, 0.2) is 6.10 Å². The first-order valence-electron chi connectivity index (χ1n) is 10.1. The molecule has 0 bridgehead atoms. The van der Waals surface area contributed by atoms with E-state index in [1.165, 1.54) is 47.9 Å². The van der Waals surface area contributed by atoms with Gasteiger partial charge in [-0.25, -0.2) is 8.42 Å². The number of anilines is 1. The summed E-state index contributed by atoms with van der Waals surface area (Å²) in [5.41, 5.74) is -1.45. The van der Waals surface area contributed by atoms with Gasteiger partial charge < -0.3 is 10.1 Å². The van der Waals surface area contributed by atoms with Crippen LogP contribution in [-0.2, 0) is 30.5 Å². The highest BCUT2D eigenvalue weighted by atomic mass is 32.2. The lowest BCUT2D eigenvalue weighted by Crippen LogP contribution is -2.41. The molecule has 1 N–H and O–H groups in total. The van der Waals surface area contributed by atoms with Crippen LogP contribution in [0.2, 0.25) is 0 Å². The third-order valence-corrected chi connectivity index (χ3v) is 7.09. The number of amides is 1. The van der Waals surface area contributed by atoms with Crippen molar-refractivity contribution in [2.24, 2.45) is 5.92 Å². The molecular weight excluding hydrogens is 463 g/mol. The molecule has 0 aliphatic carbocycles. The van der Waals surface area contributed by atoms with E-state index in [0.717, 1.165) is 12.1 Å². The predicted molar refractivity (Wildman–Crippen MR) is 111 cm³/mol. The SMILES string of the molecule is CC(OC(=O)C1CCN(S(=O)(=O)c2cccnc2)CC1)C(=O)Nc1ccccc1C(F)(F)F. The summed E-state index contributed by atoms with van der Waals surface area (Å²) in [6.07, 6.45) is -2.93. The van der Waals surface area contributed by atoms with E-state index in [4.69, 9.17) is 4.74 Å². The van der Waals surface area contributed by atoms with E-state index in [1.54, 1.807) is 0 Å². The first-order valence-corrected chi connectivity index (χ1v) is 11.5. The Labute approximate surface area is 188 Å². The topological polar surface area (TPSA) is 106 Å². The number of nitrogens with one attached hydrogen (secondary N) is 1. The summed E-state index contributed by atoms with van der Waals surface area (Å²) in [6.45, 7) is 1.42. The lowest BCUT2D eigenvalue weighted by atomic mass is 9.98. The minimum absolute atomic E-state index is 0.0513. The lowest BCUT2D eigenvalue weighted by Gasteiger charge is -2.30. The van der Waals surface area contributed by atoms with Gasteiger partial charge in [0.25, 0.3) is 5.91 Å². The zero-order valence-electron chi connectivity index (χ0n) is 17.6. The van der Waals surface area contributed by atoms with Gasteiger partial charge in [-0.2, -0.15) is 17.5 Å². The number of aromatic nitrogens is 1. The van der Waals surface area contributed by atoms with Crippen LogP contribution in [0.3, 0.4) is 0 Å². The van der Waals surface area contributed by atoms with E-state index in [-0.39, 0.29) is 30.8 Å². The molecule has 1 aliphatic rings. The fraction of sp³-hybridized carbons (Fsp3) is 0.381. The first kappa shape index (κ1) is 24.6. The average Bonchev–Trinajstić information content (AvgIpc) is 2.79. The molecule has 8 nitrogen and oxygen atoms in total. The Morgan fingerprint density at radius 2 is 1.82 bits per heavy atom. The molecule has 33 heavy (non-hydrogen) atoms. The molecule has 1 atom stereocenters. The first-order chi connectivity index (χ1) is 15.5. The molecule has 3 rings (SSSR count). The predicted octanol–water partition coefficient (Wildman–Crippen LogP) is 3.07. The number of hydrogen-bond acceptors (Lipinski definition) is 6. The Balaban J connectivity index is 1.56. The number of rotatable bonds is 6. The molecule has 0 spiro atoms. The van der Waals surface area contributed by atoms with Crippen molar-refractivity contribution in [1.82, 2.24) is 9.29 Å². The number of halogens is 3. The van der Waals surface area contributed by atoms with E-state index in [1.807, 2.05) is 0 Å². The summed E-state index contributed by atoms with van der Waals surface area (Å²) in [5, 5.41) is 2.14. The third-order valence-electron chi connectivity index (χ3n) is 5.21. The number of para-hydroxylation sites is 1. The van der Waals surface area contributed by atoms with Crippen molar-refractivity contribution >= 4 is 27.6 Å². The van der Waals surface area contributed by atoms with E-state index < -0.39 is 51.3 Å². The maximum Gasteiger partial charge on any atom is 0.418 e. The van der Waals surface area contributed by atoms with Crippen LogP contribution >= 0.6 is 0 Å². The summed E-state index contributed by atoms with van der Waals surface area (Å²) < 4.78 is 70.9. The highest BCUT2D eigenvalue weighted by Crippen LogP contribution is 2.34. The van der Waals surface area contributed by atoms with Gasteiger partial charge >= 0.3 is 12.1 Å². The third kappa shape index (κ3) is 5.88. The Morgan fingerprint density at radius 3 is 2.42 bits per heavy atom. The Kier molecular flexibility index (Phi) is 7.38. The second-order valence-corrected chi connectivity index (χ2v) is 9.42. The van der Waals surface area contributed by atoms with Gasteiger partial charge in [-0.05, 0) is 44.0 Å². The van der Waals surface area contributed by atoms with Crippen molar-refractivity contribution in [1.29, 1.82) is 0 Å². The van der Waals surface area contributed by atoms with Crippen LogP contribution in [0.15, 0.2) is 53.7 Å². The number of ether oxygens (including phenoxy) is 1.